The summed E-state index contributed by atoms with van der Waals surface area (Å²) >= 11 is 2.00. The third-order valence-electron chi connectivity index (χ3n) is 4.60. The molecule has 3 nitrogen and oxygen atoms in total. The van der Waals surface area contributed by atoms with Crippen LogP contribution in [-0.2, 0) is 0 Å². The van der Waals surface area contributed by atoms with Crippen molar-refractivity contribution in [2.45, 2.75) is 41.9 Å². The minimum atomic E-state index is 0. The number of pyridine rings is 1. The van der Waals surface area contributed by atoms with Gasteiger partial charge in [-0.15, -0.1) is 24.2 Å². The van der Waals surface area contributed by atoms with Gasteiger partial charge >= 0.3 is 0 Å². The molecule has 0 spiro atoms. The fourth-order valence-electron chi connectivity index (χ4n) is 3.22. The smallest absolute Gasteiger partial charge is 0.136 e. The lowest BCUT2D eigenvalue weighted by Gasteiger charge is -2.25. The van der Waals surface area contributed by atoms with Crippen LogP contribution in [0.5, 0.6) is 0 Å². The van der Waals surface area contributed by atoms with Crippen molar-refractivity contribution in [2.24, 2.45) is 5.73 Å². The van der Waals surface area contributed by atoms with Crippen LogP contribution in [0, 0.1) is 0 Å². The predicted molar refractivity (Wildman–Crippen MR) is 104 cm³/mol. The van der Waals surface area contributed by atoms with Crippen LogP contribution in [-0.4, -0.2) is 20.7 Å². The molecular weight excluding hydrogens is 338 g/mol. The predicted octanol–water partition coefficient (Wildman–Crippen LogP) is 4.79. The molecule has 0 unspecified atom stereocenters. The van der Waals surface area contributed by atoms with Crippen LogP contribution < -0.4 is 5.73 Å². The Kier molecular flexibility index (Phi) is 5.49. The summed E-state index contributed by atoms with van der Waals surface area (Å²) in [6.45, 7) is 0. The molecule has 2 heterocycles. The number of nitrogens with two attached hydrogens (primary N) is 1. The van der Waals surface area contributed by atoms with Crippen molar-refractivity contribution in [1.82, 2.24) is 9.38 Å². The molecule has 0 amide bonds. The van der Waals surface area contributed by atoms with Crippen molar-refractivity contribution >= 4 is 29.8 Å². The maximum Gasteiger partial charge on any atom is 0.136 e. The lowest BCUT2D eigenvalue weighted by atomic mass is 9.96. The molecule has 3 aromatic rings. The van der Waals surface area contributed by atoms with Crippen molar-refractivity contribution in [1.29, 1.82) is 0 Å². The molecule has 1 aliphatic rings. The van der Waals surface area contributed by atoms with Gasteiger partial charge in [0.2, 0.25) is 0 Å². The standard InChI is InChI=1S/C19H21N3S.ClH/c20-16-4-8-18(9-5-16)23-17-6-1-14(2-7-17)15-3-10-19-21-11-12-22(19)13-15;/h1-3,6-7,10-13,16,18H,4-5,8-9,20H2;1H/t16-,18-;. The highest BCUT2D eigenvalue weighted by Crippen LogP contribution is 2.34. The van der Waals surface area contributed by atoms with Gasteiger partial charge in [0.1, 0.15) is 5.65 Å². The molecular formula is C19H22ClN3S. The van der Waals surface area contributed by atoms with Crippen LogP contribution in [0.25, 0.3) is 16.8 Å². The fourth-order valence-corrected chi connectivity index (χ4v) is 4.40. The summed E-state index contributed by atoms with van der Waals surface area (Å²) in [6.07, 6.45) is 10.8. The van der Waals surface area contributed by atoms with Gasteiger partial charge in [-0.25, -0.2) is 4.98 Å². The molecule has 0 bridgehead atoms. The van der Waals surface area contributed by atoms with Crippen molar-refractivity contribution < 1.29 is 0 Å². The van der Waals surface area contributed by atoms with Gasteiger partial charge in [-0.3, -0.25) is 0 Å². The first-order valence-electron chi connectivity index (χ1n) is 8.23. The molecule has 1 saturated carbocycles. The van der Waals surface area contributed by atoms with Crippen molar-refractivity contribution in [3.05, 3.63) is 55.0 Å². The summed E-state index contributed by atoms with van der Waals surface area (Å²) in [5.41, 5.74) is 9.44. The van der Waals surface area contributed by atoms with E-state index in [1.54, 1.807) is 0 Å². The molecule has 2 N–H and O–H groups in total. The van der Waals surface area contributed by atoms with Gasteiger partial charge in [-0.1, -0.05) is 12.1 Å². The number of imidazole rings is 1. The van der Waals surface area contributed by atoms with Gasteiger partial charge in [0.05, 0.1) is 0 Å². The molecule has 24 heavy (non-hydrogen) atoms. The van der Waals surface area contributed by atoms with Crippen LogP contribution in [0.2, 0.25) is 0 Å². The average Bonchev–Trinajstić information content (AvgIpc) is 3.05. The van der Waals surface area contributed by atoms with Crippen LogP contribution in [0.4, 0.5) is 0 Å². The van der Waals surface area contributed by atoms with E-state index >= 15 is 0 Å². The lowest BCUT2D eigenvalue weighted by molar-refractivity contribution is 0.451. The number of hydrogen-bond donors (Lipinski definition) is 1. The SMILES string of the molecule is Cl.N[C@H]1CC[C@H](Sc2ccc(-c3ccc4nccn4c3)cc2)CC1. The highest BCUT2D eigenvalue weighted by Gasteiger charge is 2.19. The highest BCUT2D eigenvalue weighted by molar-refractivity contribution is 8.00. The first-order chi connectivity index (χ1) is 11.3. The summed E-state index contributed by atoms with van der Waals surface area (Å²) in [6, 6.07) is 13.5. The van der Waals surface area contributed by atoms with E-state index in [1.165, 1.54) is 41.7 Å². The minimum absolute atomic E-state index is 0. The van der Waals surface area contributed by atoms with E-state index in [-0.39, 0.29) is 12.4 Å². The minimum Gasteiger partial charge on any atom is -0.328 e. The molecule has 0 aliphatic heterocycles. The second-order valence-corrected chi connectivity index (χ2v) is 7.66. The summed E-state index contributed by atoms with van der Waals surface area (Å²) < 4.78 is 2.06. The molecule has 4 rings (SSSR count). The van der Waals surface area contributed by atoms with Gasteiger partial charge in [0, 0.05) is 34.8 Å². The number of rotatable bonds is 3. The number of hydrogen-bond acceptors (Lipinski definition) is 3. The van der Waals surface area contributed by atoms with E-state index in [9.17, 15) is 0 Å². The molecule has 0 atom stereocenters. The zero-order chi connectivity index (χ0) is 15.6. The summed E-state index contributed by atoms with van der Waals surface area (Å²) in [4.78, 5) is 5.65. The summed E-state index contributed by atoms with van der Waals surface area (Å²) in [7, 11) is 0. The van der Waals surface area contributed by atoms with E-state index in [2.05, 4.69) is 52.0 Å². The van der Waals surface area contributed by atoms with Gasteiger partial charge in [0.25, 0.3) is 0 Å². The third-order valence-corrected chi connectivity index (χ3v) is 5.95. The Labute approximate surface area is 153 Å². The Hall–Kier alpha value is -1.49. The maximum absolute atomic E-state index is 5.99. The van der Waals surface area contributed by atoms with E-state index < -0.39 is 0 Å². The van der Waals surface area contributed by atoms with E-state index in [0.29, 0.717) is 6.04 Å². The second kappa shape index (κ2) is 7.60. The molecule has 126 valence electrons. The van der Waals surface area contributed by atoms with Gasteiger partial charge < -0.3 is 10.1 Å². The first-order valence-corrected chi connectivity index (χ1v) is 9.11. The van der Waals surface area contributed by atoms with Crippen LogP contribution >= 0.6 is 24.2 Å². The van der Waals surface area contributed by atoms with Crippen molar-refractivity contribution in [3.63, 3.8) is 0 Å². The van der Waals surface area contributed by atoms with Crippen molar-refractivity contribution in [3.8, 4) is 11.1 Å². The molecule has 0 radical (unpaired) electrons. The summed E-state index contributed by atoms with van der Waals surface area (Å²) in [5.74, 6) is 0. The number of benzene rings is 1. The lowest BCUT2D eigenvalue weighted by Crippen LogP contribution is -2.27. The number of aromatic nitrogens is 2. The number of thioether (sulfide) groups is 1. The van der Waals surface area contributed by atoms with Gasteiger partial charge in [0.15, 0.2) is 0 Å². The summed E-state index contributed by atoms with van der Waals surface area (Å²) in [5, 5.41) is 0.725. The number of nitrogens with zero attached hydrogens (tertiary/aromatic N) is 2. The molecule has 2 aromatic heterocycles. The monoisotopic (exact) mass is 359 g/mol. The van der Waals surface area contributed by atoms with Crippen LogP contribution in [0.1, 0.15) is 25.7 Å². The first kappa shape index (κ1) is 17.3. The van der Waals surface area contributed by atoms with Gasteiger partial charge in [-0.05, 0) is 61.1 Å². The topological polar surface area (TPSA) is 43.3 Å². The average molecular weight is 360 g/mol. The Morgan fingerprint density at radius 1 is 0.958 bits per heavy atom. The normalized spacial score (nSPS) is 20.7. The molecule has 5 heteroatoms. The van der Waals surface area contributed by atoms with Crippen molar-refractivity contribution in [2.75, 3.05) is 0 Å². The van der Waals surface area contributed by atoms with E-state index in [4.69, 9.17) is 5.73 Å². The highest BCUT2D eigenvalue weighted by atomic mass is 35.5. The van der Waals surface area contributed by atoms with E-state index in [1.807, 2.05) is 24.2 Å². The molecule has 1 aliphatic carbocycles. The Bertz CT molecular complexity index is 792. The number of fused-ring (bicyclic) bond motifs is 1. The quantitative estimate of drug-likeness (QED) is 0.731. The number of halogens is 1. The fraction of sp³-hybridized carbons (Fsp3) is 0.316. The molecule has 1 aromatic carbocycles. The molecule has 0 saturated heterocycles. The molecule has 1 fully saturated rings. The zero-order valence-corrected chi connectivity index (χ0v) is 15.1. The third kappa shape index (κ3) is 3.77. The maximum atomic E-state index is 5.99. The van der Waals surface area contributed by atoms with Crippen LogP contribution in [0.15, 0.2) is 59.9 Å². The van der Waals surface area contributed by atoms with E-state index in [0.717, 1.165) is 10.9 Å². The second-order valence-electron chi connectivity index (χ2n) is 6.29. The van der Waals surface area contributed by atoms with Gasteiger partial charge in [-0.2, -0.15) is 0 Å². The zero-order valence-electron chi connectivity index (χ0n) is 13.5. The Balaban J connectivity index is 0.00000169. The van der Waals surface area contributed by atoms with Crippen LogP contribution in [0.3, 0.4) is 0 Å². The Morgan fingerprint density at radius 3 is 2.42 bits per heavy atom. The Morgan fingerprint density at radius 2 is 1.67 bits per heavy atom. The largest absolute Gasteiger partial charge is 0.328 e.